The number of benzene rings is 1. The fourth-order valence-corrected chi connectivity index (χ4v) is 1.98. The summed E-state index contributed by atoms with van der Waals surface area (Å²) in [5.41, 5.74) is 0.716. The van der Waals surface area contributed by atoms with Crippen LogP contribution in [0.3, 0.4) is 0 Å². The Labute approximate surface area is 86.4 Å². The van der Waals surface area contributed by atoms with E-state index in [4.69, 9.17) is 10.7 Å². The van der Waals surface area contributed by atoms with Crippen LogP contribution in [0.15, 0.2) is 30.8 Å². The maximum absolute atomic E-state index is 12.7. The molecule has 1 aromatic rings. The van der Waals surface area contributed by atoms with Crippen LogP contribution in [0.5, 0.6) is 0 Å². The van der Waals surface area contributed by atoms with E-state index < -0.39 is 14.9 Å². The topological polar surface area (TPSA) is 34.1 Å². The van der Waals surface area contributed by atoms with Crippen molar-refractivity contribution < 1.29 is 12.8 Å². The van der Waals surface area contributed by atoms with E-state index in [9.17, 15) is 12.8 Å². The lowest BCUT2D eigenvalue weighted by molar-refractivity contribution is 0.612. The molecule has 0 unspecified atom stereocenters. The maximum atomic E-state index is 12.7. The van der Waals surface area contributed by atoms with Gasteiger partial charge >= 0.3 is 0 Å². The first-order chi connectivity index (χ1) is 6.38. The first-order valence-corrected chi connectivity index (χ1v) is 6.22. The lowest BCUT2D eigenvalue weighted by Gasteiger charge is -2.02. The Morgan fingerprint density at radius 2 is 2.14 bits per heavy atom. The van der Waals surface area contributed by atoms with E-state index in [-0.39, 0.29) is 11.3 Å². The predicted molar refractivity (Wildman–Crippen MR) is 55.1 cm³/mol. The molecule has 0 aliphatic carbocycles. The van der Waals surface area contributed by atoms with E-state index in [1.54, 1.807) is 6.07 Å². The third-order valence-corrected chi connectivity index (χ3v) is 2.60. The van der Waals surface area contributed by atoms with Crippen LogP contribution in [0.2, 0.25) is 0 Å². The Morgan fingerprint density at radius 3 is 2.64 bits per heavy atom. The van der Waals surface area contributed by atoms with E-state index in [0.717, 1.165) is 0 Å². The summed E-state index contributed by atoms with van der Waals surface area (Å²) in [5, 5.41) is 0. The number of hydrogen-bond acceptors (Lipinski definition) is 2. The minimum atomic E-state index is -3.63. The van der Waals surface area contributed by atoms with Crippen LogP contribution in [-0.4, -0.2) is 14.2 Å². The van der Waals surface area contributed by atoms with Gasteiger partial charge in [0.25, 0.3) is 0 Å². The first kappa shape index (κ1) is 11.2. The summed E-state index contributed by atoms with van der Waals surface area (Å²) in [4.78, 5) is 0. The summed E-state index contributed by atoms with van der Waals surface area (Å²) in [6.45, 7) is 3.52. The first-order valence-electron chi connectivity index (χ1n) is 3.74. The molecule has 2 nitrogen and oxygen atoms in total. The standard InChI is InChI=1S/C9H8ClFO2S/c1-7(6-14(10,12)13)8-3-2-4-9(11)5-8/h2-5H,1,6H2. The second-order valence-corrected chi connectivity index (χ2v) is 5.57. The fourth-order valence-electron chi connectivity index (χ4n) is 1.000. The highest BCUT2D eigenvalue weighted by molar-refractivity contribution is 8.14. The zero-order valence-corrected chi connectivity index (χ0v) is 8.78. The van der Waals surface area contributed by atoms with Crippen molar-refractivity contribution in [1.82, 2.24) is 0 Å². The zero-order chi connectivity index (χ0) is 10.8. The minimum absolute atomic E-state index is 0.277. The van der Waals surface area contributed by atoms with Crippen LogP contribution in [0.25, 0.3) is 5.57 Å². The molecule has 0 amide bonds. The highest BCUT2D eigenvalue weighted by atomic mass is 35.7. The Bertz CT molecular complexity index is 454. The van der Waals surface area contributed by atoms with Crippen molar-refractivity contribution in [1.29, 1.82) is 0 Å². The summed E-state index contributed by atoms with van der Waals surface area (Å²) in [6, 6.07) is 5.54. The molecule has 0 bridgehead atoms. The molecule has 0 fully saturated rings. The monoisotopic (exact) mass is 234 g/mol. The van der Waals surface area contributed by atoms with Crippen molar-refractivity contribution in [2.45, 2.75) is 0 Å². The van der Waals surface area contributed by atoms with Crippen molar-refractivity contribution in [2.75, 3.05) is 5.75 Å². The van der Waals surface area contributed by atoms with E-state index in [1.807, 2.05) is 0 Å². The van der Waals surface area contributed by atoms with Crippen molar-refractivity contribution in [2.24, 2.45) is 0 Å². The van der Waals surface area contributed by atoms with Gasteiger partial charge in [-0.2, -0.15) is 0 Å². The Hall–Kier alpha value is -0.870. The Balaban J connectivity index is 2.91. The van der Waals surface area contributed by atoms with Crippen molar-refractivity contribution >= 4 is 25.3 Å². The van der Waals surface area contributed by atoms with E-state index in [0.29, 0.717) is 5.56 Å². The third-order valence-electron chi connectivity index (χ3n) is 1.58. The highest BCUT2D eigenvalue weighted by Gasteiger charge is 2.09. The van der Waals surface area contributed by atoms with Crippen LogP contribution < -0.4 is 0 Å². The molecule has 0 atom stereocenters. The normalized spacial score (nSPS) is 11.3. The van der Waals surface area contributed by atoms with Gasteiger partial charge in [0.15, 0.2) is 0 Å². The SMILES string of the molecule is C=C(CS(=O)(=O)Cl)c1cccc(F)c1. The number of halogens is 2. The molecule has 0 heterocycles. The fraction of sp³-hybridized carbons (Fsp3) is 0.111. The summed E-state index contributed by atoms with van der Waals surface area (Å²) >= 11 is 0. The number of rotatable bonds is 3. The van der Waals surface area contributed by atoms with Gasteiger partial charge in [0, 0.05) is 10.7 Å². The summed E-state index contributed by atoms with van der Waals surface area (Å²) in [5.74, 6) is -0.812. The average molecular weight is 235 g/mol. The van der Waals surface area contributed by atoms with Gasteiger partial charge in [-0.3, -0.25) is 0 Å². The Kier molecular flexibility index (Phi) is 3.29. The van der Waals surface area contributed by atoms with Gasteiger partial charge in [-0.1, -0.05) is 18.7 Å². The molecule has 0 saturated carbocycles. The van der Waals surface area contributed by atoms with Crippen LogP contribution >= 0.6 is 10.7 Å². The van der Waals surface area contributed by atoms with E-state index in [1.165, 1.54) is 18.2 Å². The van der Waals surface area contributed by atoms with Crippen LogP contribution in [0.1, 0.15) is 5.56 Å². The molecule has 14 heavy (non-hydrogen) atoms. The lowest BCUT2D eigenvalue weighted by atomic mass is 10.1. The minimum Gasteiger partial charge on any atom is -0.212 e. The van der Waals surface area contributed by atoms with Gasteiger partial charge in [-0.15, -0.1) is 0 Å². The summed E-state index contributed by atoms with van der Waals surface area (Å²) in [7, 11) is 1.40. The Morgan fingerprint density at radius 1 is 1.50 bits per heavy atom. The van der Waals surface area contributed by atoms with Crippen molar-refractivity contribution in [3.8, 4) is 0 Å². The van der Waals surface area contributed by atoms with Crippen LogP contribution in [0.4, 0.5) is 4.39 Å². The highest BCUT2D eigenvalue weighted by Crippen LogP contribution is 2.16. The molecule has 0 spiro atoms. The molecule has 5 heteroatoms. The van der Waals surface area contributed by atoms with Crippen LogP contribution in [0, 0.1) is 5.82 Å². The van der Waals surface area contributed by atoms with Gasteiger partial charge in [0.2, 0.25) is 9.05 Å². The molecule has 0 aliphatic rings. The maximum Gasteiger partial charge on any atom is 0.236 e. The van der Waals surface area contributed by atoms with Gasteiger partial charge in [-0.25, -0.2) is 12.8 Å². The molecule has 0 N–H and O–H groups in total. The molecule has 0 aliphatic heterocycles. The third kappa shape index (κ3) is 3.47. The number of hydrogen-bond donors (Lipinski definition) is 0. The lowest BCUT2D eigenvalue weighted by Crippen LogP contribution is -1.99. The predicted octanol–water partition coefficient (Wildman–Crippen LogP) is 2.41. The molecule has 76 valence electrons. The summed E-state index contributed by atoms with van der Waals surface area (Å²) in [6.07, 6.45) is 0. The molecule has 1 rings (SSSR count). The van der Waals surface area contributed by atoms with Crippen molar-refractivity contribution in [3.05, 3.63) is 42.2 Å². The quantitative estimate of drug-likeness (QED) is 0.753. The average Bonchev–Trinajstić information content (AvgIpc) is 2.01. The van der Waals surface area contributed by atoms with Crippen molar-refractivity contribution in [3.63, 3.8) is 0 Å². The van der Waals surface area contributed by atoms with Gasteiger partial charge in [-0.05, 0) is 23.3 Å². The second-order valence-electron chi connectivity index (χ2n) is 2.80. The molecule has 0 aromatic heterocycles. The molecular weight excluding hydrogens is 227 g/mol. The second kappa shape index (κ2) is 4.11. The molecule has 0 saturated heterocycles. The molecule has 0 radical (unpaired) electrons. The van der Waals surface area contributed by atoms with Gasteiger partial charge in [0.1, 0.15) is 5.82 Å². The van der Waals surface area contributed by atoms with Gasteiger partial charge in [0.05, 0.1) is 5.75 Å². The summed E-state index contributed by atoms with van der Waals surface area (Å²) < 4.78 is 34.2. The van der Waals surface area contributed by atoms with E-state index in [2.05, 4.69) is 6.58 Å². The van der Waals surface area contributed by atoms with Crippen LogP contribution in [-0.2, 0) is 9.05 Å². The smallest absolute Gasteiger partial charge is 0.212 e. The molecule has 1 aromatic carbocycles. The zero-order valence-electron chi connectivity index (χ0n) is 7.20. The largest absolute Gasteiger partial charge is 0.236 e. The van der Waals surface area contributed by atoms with Gasteiger partial charge < -0.3 is 0 Å². The van der Waals surface area contributed by atoms with E-state index >= 15 is 0 Å². The molecular formula is C9H8ClFO2S.